The maximum atomic E-state index is 15.0. The molecule has 38 heavy (non-hydrogen) atoms. The molecule has 0 saturated carbocycles. The van der Waals surface area contributed by atoms with Crippen LogP contribution >= 0.6 is 11.6 Å². The van der Waals surface area contributed by atoms with Crippen LogP contribution in [0.2, 0.25) is 5.02 Å². The SMILES string of the molecule is O=C(Nc1ccc(Cl)cc1N1CCN(CCC(F)(F)F)CC1)c1ccc(CN2CCOC(CO)C2)cc1F. The van der Waals surface area contributed by atoms with Gasteiger partial charge in [-0.1, -0.05) is 17.7 Å². The highest BCUT2D eigenvalue weighted by Crippen LogP contribution is 2.31. The topological polar surface area (TPSA) is 68.3 Å². The zero-order valence-corrected chi connectivity index (χ0v) is 21.6. The lowest BCUT2D eigenvalue weighted by molar-refractivity contribution is -0.138. The molecule has 2 fully saturated rings. The second kappa shape index (κ2) is 12.6. The highest BCUT2D eigenvalue weighted by molar-refractivity contribution is 6.31. The fraction of sp³-hybridized carbons (Fsp3) is 0.500. The van der Waals surface area contributed by atoms with E-state index in [1.54, 1.807) is 29.2 Å². The van der Waals surface area contributed by atoms with Crippen molar-refractivity contribution in [1.82, 2.24) is 9.80 Å². The molecule has 2 saturated heterocycles. The molecule has 0 bridgehead atoms. The van der Waals surface area contributed by atoms with Crippen molar-refractivity contribution < 1.29 is 32.2 Å². The highest BCUT2D eigenvalue weighted by Gasteiger charge is 2.29. The largest absolute Gasteiger partial charge is 0.394 e. The number of benzene rings is 2. The minimum atomic E-state index is -4.19. The summed E-state index contributed by atoms with van der Waals surface area (Å²) < 4.78 is 58.1. The van der Waals surface area contributed by atoms with E-state index in [4.69, 9.17) is 16.3 Å². The lowest BCUT2D eigenvalue weighted by Crippen LogP contribution is -2.47. The number of nitrogens with zero attached hydrogens (tertiary/aromatic N) is 3. The predicted molar refractivity (Wildman–Crippen MR) is 137 cm³/mol. The van der Waals surface area contributed by atoms with Gasteiger partial charge in [-0.15, -0.1) is 0 Å². The van der Waals surface area contributed by atoms with Crippen LogP contribution in [0.1, 0.15) is 22.3 Å². The number of carbonyl (C=O) groups excluding carboxylic acids is 1. The molecule has 1 unspecified atom stereocenters. The Kier molecular flexibility index (Phi) is 9.48. The summed E-state index contributed by atoms with van der Waals surface area (Å²) in [7, 11) is 0. The molecule has 208 valence electrons. The quantitative estimate of drug-likeness (QED) is 0.478. The number of morpholine rings is 1. The number of rotatable bonds is 8. The molecule has 12 heteroatoms. The van der Waals surface area contributed by atoms with Crippen molar-refractivity contribution in [3.05, 3.63) is 58.4 Å². The van der Waals surface area contributed by atoms with Crippen molar-refractivity contribution in [1.29, 1.82) is 0 Å². The summed E-state index contributed by atoms with van der Waals surface area (Å²) in [6.45, 7) is 3.82. The maximum absolute atomic E-state index is 15.0. The third-order valence-electron chi connectivity index (χ3n) is 6.74. The van der Waals surface area contributed by atoms with E-state index >= 15 is 0 Å². The zero-order chi connectivity index (χ0) is 27.3. The molecule has 2 aliphatic rings. The normalized spacial score (nSPS) is 19.5. The lowest BCUT2D eigenvalue weighted by Gasteiger charge is -2.37. The Morgan fingerprint density at radius 2 is 1.84 bits per heavy atom. The molecule has 7 nitrogen and oxygen atoms in total. The molecule has 2 aromatic carbocycles. The maximum Gasteiger partial charge on any atom is 0.390 e. The molecule has 2 aliphatic heterocycles. The molecular formula is C26H31ClF4N4O3. The van der Waals surface area contributed by atoms with Gasteiger partial charge in [0.2, 0.25) is 0 Å². The smallest absolute Gasteiger partial charge is 0.390 e. The van der Waals surface area contributed by atoms with E-state index in [0.717, 1.165) is 0 Å². The molecule has 4 rings (SSSR count). The summed E-state index contributed by atoms with van der Waals surface area (Å²) >= 11 is 6.20. The Morgan fingerprint density at radius 1 is 1.08 bits per heavy atom. The number of hydrogen-bond donors (Lipinski definition) is 2. The summed E-state index contributed by atoms with van der Waals surface area (Å²) in [6, 6.07) is 9.41. The van der Waals surface area contributed by atoms with Gasteiger partial charge in [-0.2, -0.15) is 13.2 Å². The van der Waals surface area contributed by atoms with Crippen LogP contribution in [0.4, 0.5) is 28.9 Å². The van der Waals surface area contributed by atoms with Gasteiger partial charge in [0.05, 0.1) is 42.7 Å². The first-order valence-corrected chi connectivity index (χ1v) is 12.9. The first kappa shape index (κ1) is 28.6. The van der Waals surface area contributed by atoms with E-state index in [1.165, 1.54) is 12.1 Å². The molecule has 1 amide bonds. The van der Waals surface area contributed by atoms with Gasteiger partial charge in [-0.05, 0) is 35.9 Å². The van der Waals surface area contributed by atoms with Crippen LogP contribution in [0.5, 0.6) is 0 Å². The van der Waals surface area contributed by atoms with Crippen LogP contribution in [-0.2, 0) is 11.3 Å². The fourth-order valence-corrected chi connectivity index (χ4v) is 4.86. The van der Waals surface area contributed by atoms with E-state index in [1.807, 2.05) is 4.90 Å². The van der Waals surface area contributed by atoms with Gasteiger partial charge in [0.15, 0.2) is 0 Å². The van der Waals surface area contributed by atoms with Crippen LogP contribution in [0.25, 0.3) is 0 Å². The number of aliphatic hydroxyl groups excluding tert-OH is 1. The molecule has 0 aromatic heterocycles. The third kappa shape index (κ3) is 7.79. The van der Waals surface area contributed by atoms with Crippen molar-refractivity contribution in [3.8, 4) is 0 Å². The minimum Gasteiger partial charge on any atom is -0.394 e. The summed E-state index contributed by atoms with van der Waals surface area (Å²) in [5.74, 6) is -1.27. The number of halogens is 5. The van der Waals surface area contributed by atoms with Crippen molar-refractivity contribution in [2.24, 2.45) is 0 Å². The lowest BCUT2D eigenvalue weighted by atomic mass is 10.1. The first-order chi connectivity index (χ1) is 18.1. The van der Waals surface area contributed by atoms with Crippen molar-refractivity contribution >= 4 is 28.9 Å². The highest BCUT2D eigenvalue weighted by atomic mass is 35.5. The van der Waals surface area contributed by atoms with Gasteiger partial charge in [0, 0.05) is 57.4 Å². The second-order valence-electron chi connectivity index (χ2n) is 9.53. The number of alkyl halides is 3. The van der Waals surface area contributed by atoms with E-state index in [9.17, 15) is 27.5 Å². The Hall–Kier alpha value is -2.44. The third-order valence-corrected chi connectivity index (χ3v) is 6.98. The van der Waals surface area contributed by atoms with Crippen LogP contribution < -0.4 is 10.2 Å². The second-order valence-corrected chi connectivity index (χ2v) is 9.97. The van der Waals surface area contributed by atoms with Crippen LogP contribution in [-0.4, -0.2) is 92.1 Å². The summed E-state index contributed by atoms with van der Waals surface area (Å²) in [4.78, 5) is 18.8. The Labute approximate surface area is 223 Å². The van der Waals surface area contributed by atoms with Gasteiger partial charge in [-0.3, -0.25) is 14.6 Å². The van der Waals surface area contributed by atoms with Crippen LogP contribution in [0.3, 0.4) is 0 Å². The molecule has 2 heterocycles. The van der Waals surface area contributed by atoms with Crippen molar-refractivity contribution in [3.63, 3.8) is 0 Å². The number of piperazine rings is 1. The van der Waals surface area contributed by atoms with Crippen LogP contribution in [0, 0.1) is 5.82 Å². The molecular weight excluding hydrogens is 528 g/mol. The molecule has 2 aromatic rings. The van der Waals surface area contributed by atoms with Gasteiger partial charge in [-0.25, -0.2) is 4.39 Å². The molecule has 0 radical (unpaired) electrons. The van der Waals surface area contributed by atoms with Gasteiger partial charge in [0.25, 0.3) is 5.91 Å². The number of anilines is 2. The Morgan fingerprint density at radius 3 is 2.53 bits per heavy atom. The van der Waals surface area contributed by atoms with E-state index in [2.05, 4.69) is 10.2 Å². The Bertz CT molecular complexity index is 1110. The van der Waals surface area contributed by atoms with E-state index in [0.29, 0.717) is 74.4 Å². The first-order valence-electron chi connectivity index (χ1n) is 12.5. The minimum absolute atomic E-state index is 0.0562. The summed E-state index contributed by atoms with van der Waals surface area (Å²) in [5.41, 5.74) is 1.66. The number of ether oxygens (including phenoxy) is 1. The Balaban J connectivity index is 1.40. The van der Waals surface area contributed by atoms with Gasteiger partial charge >= 0.3 is 6.18 Å². The van der Waals surface area contributed by atoms with Crippen molar-refractivity contribution in [2.75, 3.05) is 69.2 Å². The number of nitrogens with one attached hydrogen (secondary N) is 1. The molecule has 0 aliphatic carbocycles. The molecule has 2 N–H and O–H groups in total. The average molecular weight is 559 g/mol. The van der Waals surface area contributed by atoms with Crippen molar-refractivity contribution in [2.45, 2.75) is 25.2 Å². The van der Waals surface area contributed by atoms with Crippen LogP contribution in [0.15, 0.2) is 36.4 Å². The number of hydrogen-bond acceptors (Lipinski definition) is 6. The molecule has 1 atom stereocenters. The fourth-order valence-electron chi connectivity index (χ4n) is 4.69. The van der Waals surface area contributed by atoms with E-state index in [-0.39, 0.29) is 24.8 Å². The monoisotopic (exact) mass is 558 g/mol. The number of aliphatic hydroxyl groups is 1. The average Bonchev–Trinajstić information content (AvgIpc) is 2.88. The van der Waals surface area contributed by atoms with Gasteiger partial charge in [0.1, 0.15) is 5.82 Å². The zero-order valence-electron chi connectivity index (χ0n) is 20.8. The summed E-state index contributed by atoms with van der Waals surface area (Å²) in [6.07, 6.45) is -5.32. The van der Waals surface area contributed by atoms with E-state index < -0.39 is 24.3 Å². The predicted octanol–water partition coefficient (Wildman–Crippen LogP) is 4.00. The molecule has 0 spiro atoms. The standard InChI is InChI=1S/C26H31ClF4N4O3/c27-19-2-4-23(24(14-19)35-9-7-33(8-10-35)6-5-26(29,30)31)32-25(37)21-3-1-18(13-22(21)28)15-34-11-12-38-20(16-34)17-36/h1-4,13-14,20,36H,5-12,15-17H2,(H,32,37). The summed E-state index contributed by atoms with van der Waals surface area (Å²) in [5, 5.41) is 12.5. The number of carbonyl (C=O) groups is 1. The number of amides is 1. The van der Waals surface area contributed by atoms with Gasteiger partial charge < -0.3 is 20.1 Å².